The SMILES string of the molecule is CCc1ccc(S(=O)(=O)Nc2cnn(Cc3ccncc3)c2)cc1CC. The fourth-order valence-corrected chi connectivity index (χ4v) is 3.91. The number of hydrogen-bond donors (Lipinski definition) is 1. The lowest BCUT2D eigenvalue weighted by molar-refractivity contribution is 0.601. The van der Waals surface area contributed by atoms with Crippen LogP contribution in [0.15, 0.2) is 60.0 Å². The molecule has 0 fully saturated rings. The zero-order valence-electron chi connectivity index (χ0n) is 14.9. The van der Waals surface area contributed by atoms with Gasteiger partial charge in [-0.2, -0.15) is 5.10 Å². The van der Waals surface area contributed by atoms with Crippen molar-refractivity contribution in [2.45, 2.75) is 38.1 Å². The summed E-state index contributed by atoms with van der Waals surface area (Å²) in [6.07, 6.45) is 8.32. The molecule has 0 spiro atoms. The minimum absolute atomic E-state index is 0.272. The van der Waals surface area contributed by atoms with Crippen LogP contribution in [0.4, 0.5) is 5.69 Å². The number of anilines is 1. The molecule has 0 unspecified atom stereocenters. The lowest BCUT2D eigenvalue weighted by atomic mass is 10.0. The molecule has 0 atom stereocenters. The van der Waals surface area contributed by atoms with Gasteiger partial charge in [0, 0.05) is 18.6 Å². The van der Waals surface area contributed by atoms with Gasteiger partial charge in [-0.05, 0) is 53.8 Å². The van der Waals surface area contributed by atoms with Crippen LogP contribution in [0.2, 0.25) is 0 Å². The molecule has 2 heterocycles. The Bertz CT molecular complexity index is 982. The molecule has 26 heavy (non-hydrogen) atoms. The summed E-state index contributed by atoms with van der Waals surface area (Å²) in [6, 6.07) is 9.09. The topological polar surface area (TPSA) is 76.9 Å². The van der Waals surface area contributed by atoms with E-state index in [9.17, 15) is 8.42 Å². The standard InChI is InChI=1S/C19H22N4O2S/c1-3-16-5-6-19(11-17(16)4-2)26(24,25)22-18-12-21-23(14-18)13-15-7-9-20-10-8-15/h5-12,14,22H,3-4,13H2,1-2H3. The quantitative estimate of drug-likeness (QED) is 0.692. The molecule has 6 nitrogen and oxygen atoms in total. The highest BCUT2D eigenvalue weighted by atomic mass is 32.2. The van der Waals surface area contributed by atoms with Gasteiger partial charge in [-0.3, -0.25) is 14.4 Å². The van der Waals surface area contributed by atoms with E-state index in [-0.39, 0.29) is 4.90 Å². The smallest absolute Gasteiger partial charge is 0.262 e. The Balaban J connectivity index is 1.78. The van der Waals surface area contributed by atoms with Crippen molar-refractivity contribution >= 4 is 15.7 Å². The molecule has 0 aliphatic rings. The molecule has 0 aliphatic heterocycles. The molecule has 1 aromatic carbocycles. The largest absolute Gasteiger partial charge is 0.276 e. The van der Waals surface area contributed by atoms with E-state index in [2.05, 4.69) is 21.7 Å². The van der Waals surface area contributed by atoms with Crippen LogP contribution in [0.25, 0.3) is 0 Å². The molecule has 7 heteroatoms. The highest BCUT2D eigenvalue weighted by molar-refractivity contribution is 7.92. The lowest BCUT2D eigenvalue weighted by Crippen LogP contribution is -2.13. The summed E-state index contributed by atoms with van der Waals surface area (Å²) in [4.78, 5) is 4.25. The van der Waals surface area contributed by atoms with Gasteiger partial charge in [0.25, 0.3) is 10.0 Å². The Kier molecular flexibility index (Phi) is 5.37. The second-order valence-electron chi connectivity index (χ2n) is 6.03. The van der Waals surface area contributed by atoms with E-state index in [0.29, 0.717) is 12.2 Å². The summed E-state index contributed by atoms with van der Waals surface area (Å²) < 4.78 is 29.7. The van der Waals surface area contributed by atoms with Crippen LogP contribution < -0.4 is 4.72 Å². The van der Waals surface area contributed by atoms with Gasteiger partial charge in [-0.25, -0.2) is 8.42 Å². The van der Waals surface area contributed by atoms with Crippen LogP contribution in [-0.2, 0) is 29.4 Å². The number of benzene rings is 1. The van der Waals surface area contributed by atoms with E-state index in [1.165, 1.54) is 11.8 Å². The first kappa shape index (κ1) is 18.1. The molecule has 0 radical (unpaired) electrons. The van der Waals surface area contributed by atoms with Crippen molar-refractivity contribution in [2.75, 3.05) is 4.72 Å². The fraction of sp³-hybridized carbons (Fsp3) is 0.263. The van der Waals surface area contributed by atoms with E-state index in [1.54, 1.807) is 35.4 Å². The number of nitrogens with one attached hydrogen (secondary N) is 1. The van der Waals surface area contributed by atoms with Crippen LogP contribution in [0, 0.1) is 0 Å². The van der Waals surface area contributed by atoms with E-state index < -0.39 is 10.0 Å². The van der Waals surface area contributed by atoms with Crippen molar-refractivity contribution in [2.24, 2.45) is 0 Å². The maximum absolute atomic E-state index is 12.7. The van der Waals surface area contributed by atoms with Gasteiger partial charge in [0.05, 0.1) is 23.3 Å². The van der Waals surface area contributed by atoms with Crippen molar-refractivity contribution in [3.8, 4) is 0 Å². The maximum atomic E-state index is 12.7. The molecule has 0 aliphatic carbocycles. The zero-order chi connectivity index (χ0) is 18.6. The van der Waals surface area contributed by atoms with Gasteiger partial charge in [0.1, 0.15) is 0 Å². The Labute approximate surface area is 154 Å². The van der Waals surface area contributed by atoms with Crippen molar-refractivity contribution in [1.29, 1.82) is 0 Å². The number of rotatable bonds is 7. The normalized spacial score (nSPS) is 11.5. The predicted octanol–water partition coefficient (Wildman–Crippen LogP) is 3.25. The first-order valence-electron chi connectivity index (χ1n) is 8.57. The Hall–Kier alpha value is -2.67. The zero-order valence-corrected chi connectivity index (χ0v) is 15.7. The van der Waals surface area contributed by atoms with E-state index in [4.69, 9.17) is 0 Å². The van der Waals surface area contributed by atoms with Gasteiger partial charge in [0.2, 0.25) is 0 Å². The molecular formula is C19H22N4O2S. The summed E-state index contributed by atoms with van der Waals surface area (Å²) in [7, 11) is -3.64. The van der Waals surface area contributed by atoms with Crippen LogP contribution in [-0.4, -0.2) is 23.2 Å². The highest BCUT2D eigenvalue weighted by Gasteiger charge is 2.16. The van der Waals surface area contributed by atoms with E-state index in [0.717, 1.165) is 24.0 Å². The van der Waals surface area contributed by atoms with Gasteiger partial charge >= 0.3 is 0 Å². The van der Waals surface area contributed by atoms with Gasteiger partial charge in [-0.1, -0.05) is 19.9 Å². The van der Waals surface area contributed by atoms with Gasteiger partial charge in [0.15, 0.2) is 0 Å². The second-order valence-corrected chi connectivity index (χ2v) is 7.71. The number of hydrogen-bond acceptors (Lipinski definition) is 4. The van der Waals surface area contributed by atoms with Crippen LogP contribution >= 0.6 is 0 Å². The highest BCUT2D eigenvalue weighted by Crippen LogP contribution is 2.20. The van der Waals surface area contributed by atoms with Gasteiger partial charge < -0.3 is 0 Å². The van der Waals surface area contributed by atoms with Gasteiger partial charge in [-0.15, -0.1) is 0 Å². The lowest BCUT2D eigenvalue weighted by Gasteiger charge is -2.10. The summed E-state index contributed by atoms with van der Waals surface area (Å²) in [5, 5.41) is 4.22. The fourth-order valence-electron chi connectivity index (χ4n) is 2.84. The average molecular weight is 370 g/mol. The number of nitrogens with zero attached hydrogens (tertiary/aromatic N) is 3. The molecule has 136 valence electrons. The van der Waals surface area contributed by atoms with Crippen molar-refractivity contribution < 1.29 is 8.42 Å². The number of sulfonamides is 1. The second kappa shape index (κ2) is 7.70. The molecular weight excluding hydrogens is 348 g/mol. The van der Waals surface area contributed by atoms with E-state index in [1.807, 2.05) is 25.1 Å². The number of pyridine rings is 1. The van der Waals surface area contributed by atoms with Crippen molar-refractivity contribution in [1.82, 2.24) is 14.8 Å². The maximum Gasteiger partial charge on any atom is 0.262 e. The molecule has 0 bridgehead atoms. The molecule has 0 saturated heterocycles. The summed E-state index contributed by atoms with van der Waals surface area (Å²) >= 11 is 0. The molecule has 0 amide bonds. The van der Waals surface area contributed by atoms with Crippen LogP contribution in [0.5, 0.6) is 0 Å². The van der Waals surface area contributed by atoms with Crippen LogP contribution in [0.3, 0.4) is 0 Å². The Morgan fingerprint density at radius 2 is 1.77 bits per heavy atom. The minimum Gasteiger partial charge on any atom is -0.276 e. The van der Waals surface area contributed by atoms with E-state index >= 15 is 0 Å². The predicted molar refractivity (Wildman–Crippen MR) is 102 cm³/mol. The molecule has 3 aromatic rings. The Morgan fingerprint density at radius 3 is 2.46 bits per heavy atom. The summed E-state index contributed by atoms with van der Waals surface area (Å²) in [6.45, 7) is 4.65. The first-order valence-corrected chi connectivity index (χ1v) is 10.1. The Morgan fingerprint density at radius 1 is 1.04 bits per heavy atom. The monoisotopic (exact) mass is 370 g/mol. The summed E-state index contributed by atoms with van der Waals surface area (Å²) in [5.41, 5.74) is 3.72. The third-order valence-corrected chi connectivity index (χ3v) is 5.61. The third-order valence-electron chi connectivity index (χ3n) is 4.23. The molecule has 3 rings (SSSR count). The number of aromatic nitrogens is 3. The summed E-state index contributed by atoms with van der Waals surface area (Å²) in [5.74, 6) is 0. The number of aryl methyl sites for hydroxylation is 2. The minimum atomic E-state index is -3.64. The average Bonchev–Trinajstić information content (AvgIpc) is 3.08. The van der Waals surface area contributed by atoms with Crippen LogP contribution in [0.1, 0.15) is 30.5 Å². The molecule has 0 saturated carbocycles. The molecule has 1 N–H and O–H groups in total. The molecule has 2 aromatic heterocycles. The van der Waals surface area contributed by atoms with Crippen molar-refractivity contribution in [3.05, 3.63) is 71.8 Å². The first-order chi connectivity index (χ1) is 12.5. The van der Waals surface area contributed by atoms with Crippen molar-refractivity contribution in [3.63, 3.8) is 0 Å². The third kappa shape index (κ3) is 4.11.